The van der Waals surface area contributed by atoms with Crippen LogP contribution in [0.4, 0.5) is 5.69 Å². The molecule has 1 aliphatic rings. The number of aromatic carboxylic acids is 1. The Bertz CT molecular complexity index is 389. The number of carbonyl (C=O) groups is 1. The number of hydrogen-bond donors (Lipinski definition) is 2. The highest BCUT2D eigenvalue weighted by atomic mass is 16.5. The summed E-state index contributed by atoms with van der Waals surface area (Å²) >= 11 is 0. The lowest BCUT2D eigenvalue weighted by Gasteiger charge is -2.23. The molecule has 2 rings (SSSR count). The van der Waals surface area contributed by atoms with Gasteiger partial charge in [0.1, 0.15) is 5.56 Å². The maximum atomic E-state index is 11.0. The molecular formula is C12H16N2O3. The highest BCUT2D eigenvalue weighted by Gasteiger charge is 2.15. The van der Waals surface area contributed by atoms with Gasteiger partial charge in [-0.25, -0.2) is 4.79 Å². The molecule has 92 valence electrons. The van der Waals surface area contributed by atoms with Crippen molar-refractivity contribution in [3.05, 3.63) is 24.0 Å². The Morgan fingerprint density at radius 1 is 1.59 bits per heavy atom. The van der Waals surface area contributed by atoms with Gasteiger partial charge in [-0.15, -0.1) is 0 Å². The average molecular weight is 236 g/mol. The number of nitrogens with one attached hydrogen (secondary N) is 1. The van der Waals surface area contributed by atoms with E-state index >= 15 is 0 Å². The van der Waals surface area contributed by atoms with E-state index in [1.165, 1.54) is 12.6 Å². The molecule has 1 atom stereocenters. The number of rotatable bonds is 4. The first-order chi connectivity index (χ1) is 8.27. The third kappa shape index (κ3) is 3.17. The van der Waals surface area contributed by atoms with Crippen molar-refractivity contribution < 1.29 is 14.6 Å². The van der Waals surface area contributed by atoms with Crippen LogP contribution in [0.3, 0.4) is 0 Å². The van der Waals surface area contributed by atoms with Crippen LogP contribution in [-0.2, 0) is 4.74 Å². The maximum absolute atomic E-state index is 11.0. The summed E-state index contributed by atoms with van der Waals surface area (Å²) in [5.41, 5.74) is 0.796. The molecule has 1 unspecified atom stereocenters. The van der Waals surface area contributed by atoms with Crippen LogP contribution in [0.5, 0.6) is 0 Å². The fourth-order valence-corrected chi connectivity index (χ4v) is 1.91. The van der Waals surface area contributed by atoms with Crippen LogP contribution in [0, 0.1) is 0 Å². The molecule has 0 spiro atoms. The molecule has 0 aliphatic carbocycles. The summed E-state index contributed by atoms with van der Waals surface area (Å²) < 4.78 is 5.57. The maximum Gasteiger partial charge on any atom is 0.339 e. The van der Waals surface area contributed by atoms with Crippen molar-refractivity contribution in [2.75, 3.05) is 18.5 Å². The molecule has 1 aromatic heterocycles. The quantitative estimate of drug-likeness (QED) is 0.833. The number of hydrogen-bond acceptors (Lipinski definition) is 4. The second-order valence-corrected chi connectivity index (χ2v) is 4.10. The lowest BCUT2D eigenvalue weighted by atomic mass is 10.1. The molecule has 1 aromatic rings. The molecule has 0 bridgehead atoms. The highest BCUT2D eigenvalue weighted by molar-refractivity contribution is 5.93. The summed E-state index contributed by atoms with van der Waals surface area (Å²) in [6.07, 6.45) is 6.43. The van der Waals surface area contributed by atoms with Crippen LogP contribution in [0.25, 0.3) is 0 Å². The molecule has 0 aromatic carbocycles. The Hall–Kier alpha value is -1.62. The molecule has 0 radical (unpaired) electrons. The van der Waals surface area contributed by atoms with E-state index in [1.807, 2.05) is 0 Å². The van der Waals surface area contributed by atoms with Crippen molar-refractivity contribution in [1.29, 1.82) is 0 Å². The van der Waals surface area contributed by atoms with Crippen LogP contribution in [0.2, 0.25) is 0 Å². The molecule has 0 amide bonds. The van der Waals surface area contributed by atoms with Gasteiger partial charge in [-0.05, 0) is 25.3 Å². The summed E-state index contributed by atoms with van der Waals surface area (Å²) in [6.45, 7) is 1.44. The first-order valence-electron chi connectivity index (χ1n) is 5.80. The van der Waals surface area contributed by atoms with E-state index in [1.54, 1.807) is 12.3 Å². The van der Waals surface area contributed by atoms with Gasteiger partial charge >= 0.3 is 5.97 Å². The van der Waals surface area contributed by atoms with Gasteiger partial charge in [0.2, 0.25) is 0 Å². The SMILES string of the molecule is O=C(O)c1cnccc1NCC1CCCCO1. The molecule has 1 aliphatic heterocycles. The van der Waals surface area contributed by atoms with Gasteiger partial charge in [0.15, 0.2) is 0 Å². The van der Waals surface area contributed by atoms with Crippen LogP contribution in [0.15, 0.2) is 18.5 Å². The summed E-state index contributed by atoms with van der Waals surface area (Å²) in [4.78, 5) is 14.8. The molecule has 1 fully saturated rings. The van der Waals surface area contributed by atoms with E-state index in [-0.39, 0.29) is 11.7 Å². The number of ether oxygens (including phenoxy) is 1. The highest BCUT2D eigenvalue weighted by Crippen LogP contribution is 2.16. The van der Waals surface area contributed by atoms with E-state index in [9.17, 15) is 4.79 Å². The summed E-state index contributed by atoms with van der Waals surface area (Å²) in [7, 11) is 0. The molecule has 5 heteroatoms. The van der Waals surface area contributed by atoms with Gasteiger partial charge < -0.3 is 15.2 Å². The zero-order chi connectivity index (χ0) is 12.1. The number of anilines is 1. The Balaban J connectivity index is 1.96. The van der Waals surface area contributed by atoms with Gasteiger partial charge in [-0.3, -0.25) is 4.98 Å². The van der Waals surface area contributed by atoms with Crippen LogP contribution in [0.1, 0.15) is 29.6 Å². The Kier molecular flexibility index (Phi) is 3.93. The zero-order valence-electron chi connectivity index (χ0n) is 9.56. The molecular weight excluding hydrogens is 220 g/mol. The van der Waals surface area contributed by atoms with E-state index in [0.717, 1.165) is 19.4 Å². The van der Waals surface area contributed by atoms with Crippen molar-refractivity contribution in [3.8, 4) is 0 Å². The van der Waals surface area contributed by atoms with E-state index < -0.39 is 5.97 Å². The Morgan fingerprint density at radius 2 is 2.47 bits per heavy atom. The summed E-state index contributed by atoms with van der Waals surface area (Å²) in [6, 6.07) is 1.67. The minimum Gasteiger partial charge on any atom is -0.478 e. The minimum absolute atomic E-state index is 0.179. The molecule has 2 heterocycles. The normalized spacial score (nSPS) is 19.9. The van der Waals surface area contributed by atoms with Gasteiger partial charge in [-0.2, -0.15) is 0 Å². The van der Waals surface area contributed by atoms with Crippen molar-refractivity contribution in [2.24, 2.45) is 0 Å². The lowest BCUT2D eigenvalue weighted by Crippen LogP contribution is -2.27. The van der Waals surface area contributed by atoms with Gasteiger partial charge in [0.05, 0.1) is 11.8 Å². The first-order valence-corrected chi connectivity index (χ1v) is 5.80. The zero-order valence-corrected chi connectivity index (χ0v) is 9.56. The molecule has 17 heavy (non-hydrogen) atoms. The summed E-state index contributed by atoms with van der Waals surface area (Å²) in [5.74, 6) is -0.967. The summed E-state index contributed by atoms with van der Waals surface area (Å²) in [5, 5.41) is 12.1. The standard InChI is InChI=1S/C12H16N2O3/c15-12(16)10-8-13-5-4-11(10)14-7-9-3-1-2-6-17-9/h4-5,8-9H,1-3,6-7H2,(H,13,14)(H,15,16). The number of carboxylic acid groups (broad SMARTS) is 1. The number of carboxylic acids is 1. The van der Waals surface area contributed by atoms with E-state index in [0.29, 0.717) is 12.2 Å². The van der Waals surface area contributed by atoms with Crippen molar-refractivity contribution in [1.82, 2.24) is 4.98 Å². The van der Waals surface area contributed by atoms with Gasteiger partial charge in [-0.1, -0.05) is 0 Å². The van der Waals surface area contributed by atoms with Crippen LogP contribution in [-0.4, -0.2) is 35.3 Å². The molecule has 5 nitrogen and oxygen atoms in total. The van der Waals surface area contributed by atoms with Crippen molar-refractivity contribution in [3.63, 3.8) is 0 Å². The lowest BCUT2D eigenvalue weighted by molar-refractivity contribution is 0.0247. The minimum atomic E-state index is -0.967. The number of pyridine rings is 1. The van der Waals surface area contributed by atoms with E-state index in [4.69, 9.17) is 9.84 Å². The van der Waals surface area contributed by atoms with Gasteiger partial charge in [0.25, 0.3) is 0 Å². The van der Waals surface area contributed by atoms with Crippen LogP contribution < -0.4 is 5.32 Å². The van der Waals surface area contributed by atoms with E-state index in [2.05, 4.69) is 10.3 Å². The molecule has 2 N–H and O–H groups in total. The second-order valence-electron chi connectivity index (χ2n) is 4.10. The van der Waals surface area contributed by atoms with Crippen molar-refractivity contribution in [2.45, 2.75) is 25.4 Å². The van der Waals surface area contributed by atoms with Crippen molar-refractivity contribution >= 4 is 11.7 Å². The third-order valence-corrected chi connectivity index (χ3v) is 2.85. The number of aromatic nitrogens is 1. The predicted molar refractivity (Wildman–Crippen MR) is 63.3 cm³/mol. The monoisotopic (exact) mass is 236 g/mol. The largest absolute Gasteiger partial charge is 0.478 e. The predicted octanol–water partition coefficient (Wildman–Crippen LogP) is 1.76. The molecule has 1 saturated heterocycles. The number of nitrogens with zero attached hydrogens (tertiary/aromatic N) is 1. The first kappa shape index (κ1) is 11.9. The fraction of sp³-hybridized carbons (Fsp3) is 0.500. The average Bonchev–Trinajstić information content (AvgIpc) is 2.38. The molecule has 0 saturated carbocycles. The second kappa shape index (κ2) is 5.63. The van der Waals surface area contributed by atoms with Gasteiger partial charge in [0, 0.05) is 25.5 Å². The fourth-order valence-electron chi connectivity index (χ4n) is 1.91. The topological polar surface area (TPSA) is 71.5 Å². The smallest absolute Gasteiger partial charge is 0.339 e. The van der Waals surface area contributed by atoms with Crippen LogP contribution >= 0.6 is 0 Å². The third-order valence-electron chi connectivity index (χ3n) is 2.85. The Labute approximate surface area is 99.8 Å². The Morgan fingerprint density at radius 3 is 3.18 bits per heavy atom.